The second kappa shape index (κ2) is 11.3. The molecule has 0 aromatic heterocycles. The van der Waals surface area contributed by atoms with Crippen LogP contribution >= 0.6 is 22.6 Å². The molecule has 0 saturated carbocycles. The van der Waals surface area contributed by atoms with E-state index in [0.717, 1.165) is 51.8 Å². The number of aryl methyl sites for hydroxylation is 1. The second-order valence-corrected chi connectivity index (χ2v) is 11.0. The quantitative estimate of drug-likeness (QED) is 0.383. The van der Waals surface area contributed by atoms with E-state index in [1.807, 2.05) is 50.2 Å². The average Bonchev–Trinajstić information content (AvgIpc) is 2.89. The maximum absolute atomic E-state index is 13.2. The number of carbonyl (C=O) groups excluding carboxylic acids is 3. The molecule has 0 spiro atoms. The molecule has 0 radical (unpaired) electrons. The standard InChI is InChI=1S/C30H31IN2O5/c1-3-37-25-15-18(14-20(31)30(25)38-16-26(36)32-19-12-10-17(2)11-13-19)27-28-21(6-4-8-23(28)34)33-22-7-5-9-24(35)29(22)27/h10-15,27,33H,3-9,16H2,1-2H3,(H,32,36). The minimum absolute atomic E-state index is 0.0924. The van der Waals surface area contributed by atoms with Crippen LogP contribution in [0.15, 0.2) is 58.9 Å². The molecule has 1 aliphatic heterocycles. The van der Waals surface area contributed by atoms with Crippen LogP contribution in [0.5, 0.6) is 11.5 Å². The van der Waals surface area contributed by atoms with Crippen LogP contribution in [-0.2, 0) is 14.4 Å². The number of benzene rings is 2. The van der Waals surface area contributed by atoms with Gasteiger partial charge < -0.3 is 20.1 Å². The predicted molar refractivity (Wildman–Crippen MR) is 153 cm³/mol. The number of rotatable bonds is 7. The lowest BCUT2D eigenvalue weighted by Gasteiger charge is -2.37. The molecule has 7 nitrogen and oxygen atoms in total. The van der Waals surface area contributed by atoms with Crippen LogP contribution in [0.1, 0.15) is 62.5 Å². The monoisotopic (exact) mass is 626 g/mol. The van der Waals surface area contributed by atoms with E-state index < -0.39 is 5.92 Å². The van der Waals surface area contributed by atoms with Crippen molar-refractivity contribution < 1.29 is 23.9 Å². The van der Waals surface area contributed by atoms with Crippen molar-refractivity contribution in [3.05, 3.63) is 73.6 Å². The van der Waals surface area contributed by atoms with Crippen LogP contribution in [0.3, 0.4) is 0 Å². The molecule has 3 aliphatic rings. The van der Waals surface area contributed by atoms with Gasteiger partial charge in [0.2, 0.25) is 0 Å². The summed E-state index contributed by atoms with van der Waals surface area (Å²) < 4.78 is 12.7. The van der Waals surface area contributed by atoms with E-state index in [9.17, 15) is 14.4 Å². The van der Waals surface area contributed by atoms with Gasteiger partial charge in [0.1, 0.15) is 0 Å². The Hall–Kier alpha value is -3.14. The van der Waals surface area contributed by atoms with Crippen LogP contribution < -0.4 is 20.1 Å². The lowest BCUT2D eigenvalue weighted by atomic mass is 9.71. The molecule has 2 N–H and O–H groups in total. The number of nitrogens with one attached hydrogen (secondary N) is 2. The summed E-state index contributed by atoms with van der Waals surface area (Å²) in [5.41, 5.74) is 5.94. The summed E-state index contributed by atoms with van der Waals surface area (Å²) in [6.07, 6.45) is 4.20. The topological polar surface area (TPSA) is 93.7 Å². The number of allylic oxidation sites excluding steroid dienone is 4. The zero-order valence-electron chi connectivity index (χ0n) is 21.6. The van der Waals surface area contributed by atoms with Crippen molar-refractivity contribution in [3.63, 3.8) is 0 Å². The first-order valence-electron chi connectivity index (χ1n) is 13.1. The Morgan fingerprint density at radius 2 is 1.61 bits per heavy atom. The zero-order chi connectivity index (χ0) is 26.8. The average molecular weight is 626 g/mol. The highest BCUT2D eigenvalue weighted by Crippen LogP contribution is 2.47. The van der Waals surface area contributed by atoms with Gasteiger partial charge in [-0.2, -0.15) is 0 Å². The largest absolute Gasteiger partial charge is 0.490 e. The van der Waals surface area contributed by atoms with Crippen LogP contribution in [-0.4, -0.2) is 30.7 Å². The molecule has 0 fully saturated rings. The van der Waals surface area contributed by atoms with E-state index in [1.54, 1.807) is 0 Å². The Morgan fingerprint density at radius 3 is 2.21 bits per heavy atom. The smallest absolute Gasteiger partial charge is 0.262 e. The summed E-state index contributed by atoms with van der Waals surface area (Å²) in [6, 6.07) is 11.4. The lowest BCUT2D eigenvalue weighted by molar-refractivity contribution is -0.118. The highest BCUT2D eigenvalue weighted by atomic mass is 127. The van der Waals surface area contributed by atoms with Gasteiger partial charge in [-0.25, -0.2) is 0 Å². The van der Waals surface area contributed by atoms with Crippen molar-refractivity contribution >= 4 is 45.8 Å². The summed E-state index contributed by atoms with van der Waals surface area (Å²) in [5.74, 6) is 0.446. The van der Waals surface area contributed by atoms with Crippen molar-refractivity contribution in [2.45, 2.75) is 58.3 Å². The van der Waals surface area contributed by atoms with E-state index >= 15 is 0 Å². The van der Waals surface area contributed by atoms with Crippen LogP contribution in [0.25, 0.3) is 0 Å². The van der Waals surface area contributed by atoms with Gasteiger partial charge in [0, 0.05) is 47.0 Å². The fraction of sp³-hybridized carbons (Fsp3) is 0.367. The predicted octanol–water partition coefficient (Wildman–Crippen LogP) is 5.72. The first-order chi connectivity index (χ1) is 18.4. The van der Waals surface area contributed by atoms with Crippen molar-refractivity contribution in [2.75, 3.05) is 18.5 Å². The van der Waals surface area contributed by atoms with E-state index in [0.29, 0.717) is 47.8 Å². The van der Waals surface area contributed by atoms with Gasteiger partial charge in [-0.05, 0) is 92.0 Å². The number of Topliss-reactive ketones (excluding diaryl/α,β-unsaturated/α-hetero) is 2. The van der Waals surface area contributed by atoms with Gasteiger partial charge in [-0.3, -0.25) is 14.4 Å². The van der Waals surface area contributed by atoms with E-state index in [2.05, 4.69) is 33.2 Å². The number of halogens is 1. The number of amides is 1. The molecule has 198 valence electrons. The number of carbonyl (C=O) groups is 3. The lowest BCUT2D eigenvalue weighted by Crippen LogP contribution is -2.36. The maximum atomic E-state index is 13.2. The second-order valence-electron chi connectivity index (χ2n) is 9.86. The zero-order valence-corrected chi connectivity index (χ0v) is 23.8. The molecule has 1 heterocycles. The fourth-order valence-corrected chi connectivity index (χ4v) is 6.23. The molecular formula is C30H31IN2O5. The molecule has 2 aliphatic carbocycles. The minimum atomic E-state index is -0.423. The summed E-state index contributed by atoms with van der Waals surface area (Å²) in [7, 11) is 0. The van der Waals surface area contributed by atoms with Crippen LogP contribution in [0.4, 0.5) is 5.69 Å². The molecule has 38 heavy (non-hydrogen) atoms. The molecule has 0 bridgehead atoms. The Kier molecular flexibility index (Phi) is 7.88. The van der Waals surface area contributed by atoms with E-state index in [1.165, 1.54) is 0 Å². The first-order valence-corrected chi connectivity index (χ1v) is 14.2. The van der Waals surface area contributed by atoms with Gasteiger partial charge in [0.15, 0.2) is 29.7 Å². The molecule has 0 unspecified atom stereocenters. The minimum Gasteiger partial charge on any atom is -0.490 e. The molecule has 2 aromatic carbocycles. The number of anilines is 1. The molecule has 5 rings (SSSR count). The number of dihydropyridines is 1. The third-order valence-corrected chi connectivity index (χ3v) is 7.94. The fourth-order valence-electron chi connectivity index (χ4n) is 5.45. The first kappa shape index (κ1) is 26.5. The highest BCUT2D eigenvalue weighted by molar-refractivity contribution is 14.1. The van der Waals surface area contributed by atoms with Gasteiger partial charge >= 0.3 is 0 Å². The normalized spacial score (nSPS) is 17.6. The number of ether oxygens (including phenoxy) is 2. The maximum Gasteiger partial charge on any atom is 0.262 e. The highest BCUT2D eigenvalue weighted by Gasteiger charge is 2.40. The van der Waals surface area contributed by atoms with Crippen LogP contribution in [0, 0.1) is 10.5 Å². The number of hydrogen-bond acceptors (Lipinski definition) is 6. The molecular weight excluding hydrogens is 595 g/mol. The van der Waals surface area contributed by atoms with Crippen molar-refractivity contribution in [1.29, 1.82) is 0 Å². The molecule has 1 amide bonds. The molecule has 0 saturated heterocycles. The summed E-state index contributed by atoms with van der Waals surface area (Å²) >= 11 is 2.17. The van der Waals surface area contributed by atoms with Crippen molar-refractivity contribution in [1.82, 2.24) is 5.32 Å². The molecule has 0 atom stereocenters. The SMILES string of the molecule is CCOc1cc(C2C3=C(CCCC3=O)NC3=C2C(=O)CCC3)cc(I)c1OCC(=O)Nc1ccc(C)cc1. The Balaban J connectivity index is 1.47. The van der Waals surface area contributed by atoms with Gasteiger partial charge in [0.05, 0.1) is 10.2 Å². The number of ketones is 2. The van der Waals surface area contributed by atoms with Gasteiger partial charge in [-0.15, -0.1) is 0 Å². The van der Waals surface area contributed by atoms with Crippen molar-refractivity contribution in [2.24, 2.45) is 0 Å². The molecule has 8 heteroatoms. The molecule has 2 aromatic rings. The summed E-state index contributed by atoms with van der Waals surface area (Å²) in [6.45, 7) is 4.09. The van der Waals surface area contributed by atoms with Crippen LogP contribution in [0.2, 0.25) is 0 Å². The Bertz CT molecular complexity index is 1320. The van der Waals surface area contributed by atoms with E-state index in [-0.39, 0.29) is 24.1 Å². The Labute approximate surface area is 236 Å². The summed E-state index contributed by atoms with van der Waals surface area (Å²) in [5, 5.41) is 6.30. The van der Waals surface area contributed by atoms with Gasteiger partial charge in [-0.1, -0.05) is 17.7 Å². The van der Waals surface area contributed by atoms with Crippen molar-refractivity contribution in [3.8, 4) is 11.5 Å². The summed E-state index contributed by atoms with van der Waals surface area (Å²) in [4.78, 5) is 38.9. The van der Waals surface area contributed by atoms with E-state index in [4.69, 9.17) is 9.47 Å². The number of hydrogen-bond donors (Lipinski definition) is 2. The third kappa shape index (κ3) is 5.36. The third-order valence-electron chi connectivity index (χ3n) is 7.14. The Morgan fingerprint density at radius 1 is 0.974 bits per heavy atom. The van der Waals surface area contributed by atoms with Gasteiger partial charge in [0.25, 0.3) is 5.91 Å².